The van der Waals surface area contributed by atoms with E-state index in [0.29, 0.717) is 17.9 Å². The molecule has 3 fully saturated rings. The Morgan fingerprint density at radius 3 is 2.77 bits per heavy atom. The van der Waals surface area contributed by atoms with Gasteiger partial charge in [-0.3, -0.25) is 4.79 Å². The molecule has 0 aromatic carbocycles. The normalized spacial score (nSPS) is 41.6. The summed E-state index contributed by atoms with van der Waals surface area (Å²) in [5, 5.41) is 0. The Bertz CT molecular complexity index is 581. The van der Waals surface area contributed by atoms with E-state index in [1.54, 1.807) is 5.57 Å². The fraction of sp³-hybridized carbons (Fsp3) is 0.864. The molecular weight excluding hydrogens is 324 g/mol. The fourth-order valence-electron chi connectivity index (χ4n) is 6.15. The summed E-state index contributed by atoms with van der Waals surface area (Å²) in [6, 6.07) is 0.605. The molecule has 5 atom stereocenters. The number of ether oxygens (including phenoxy) is 1. The van der Waals surface area contributed by atoms with Gasteiger partial charge in [-0.2, -0.15) is 0 Å². The minimum atomic E-state index is 0.0239. The number of hydrogen-bond acceptors (Lipinski definition) is 4. The maximum atomic E-state index is 12.7. The van der Waals surface area contributed by atoms with Crippen molar-refractivity contribution >= 4 is 5.97 Å². The van der Waals surface area contributed by atoms with E-state index >= 15 is 0 Å². The molecule has 0 bridgehead atoms. The number of fused-ring (bicyclic) bond motifs is 2. The van der Waals surface area contributed by atoms with Gasteiger partial charge in [0.25, 0.3) is 0 Å². The fourth-order valence-corrected chi connectivity index (χ4v) is 6.15. The summed E-state index contributed by atoms with van der Waals surface area (Å²) in [6.45, 7) is 7.95. The predicted molar refractivity (Wildman–Crippen MR) is 104 cm³/mol. The molecule has 1 unspecified atom stereocenters. The number of nitrogens with zero attached hydrogens (tertiary/aromatic N) is 2. The molecule has 4 aliphatic rings. The lowest BCUT2D eigenvalue weighted by atomic mass is 9.59. The molecule has 0 amide bonds. The van der Waals surface area contributed by atoms with E-state index < -0.39 is 0 Å². The molecule has 0 aromatic heterocycles. The third-order valence-corrected chi connectivity index (χ3v) is 7.88. The topological polar surface area (TPSA) is 32.8 Å². The van der Waals surface area contributed by atoms with Gasteiger partial charge in [-0.15, -0.1) is 0 Å². The average Bonchev–Trinajstić information content (AvgIpc) is 2.88. The van der Waals surface area contributed by atoms with Crippen LogP contribution in [0.5, 0.6) is 0 Å². The molecule has 4 heteroatoms. The Hall–Kier alpha value is -0.870. The number of carbonyl (C=O) groups excluding carboxylic acids is 1. The molecule has 2 aliphatic heterocycles. The number of rotatable bonds is 3. The third-order valence-electron chi connectivity index (χ3n) is 7.88. The van der Waals surface area contributed by atoms with Crippen molar-refractivity contribution in [1.82, 2.24) is 9.80 Å². The minimum Gasteiger partial charge on any atom is -0.461 e. The van der Waals surface area contributed by atoms with Crippen molar-refractivity contribution in [1.29, 1.82) is 0 Å². The van der Waals surface area contributed by atoms with Crippen LogP contribution in [0.1, 0.15) is 52.4 Å². The molecule has 2 heterocycles. The van der Waals surface area contributed by atoms with Gasteiger partial charge in [0.15, 0.2) is 0 Å². The number of carbonyl (C=O) groups is 1. The molecule has 4 nitrogen and oxygen atoms in total. The van der Waals surface area contributed by atoms with Gasteiger partial charge >= 0.3 is 5.97 Å². The highest BCUT2D eigenvalue weighted by molar-refractivity contribution is 5.76. The van der Waals surface area contributed by atoms with E-state index in [0.717, 1.165) is 26.1 Å². The van der Waals surface area contributed by atoms with Crippen LogP contribution in [0.2, 0.25) is 0 Å². The first-order valence-electron chi connectivity index (χ1n) is 10.7. The van der Waals surface area contributed by atoms with E-state index in [9.17, 15) is 4.79 Å². The zero-order chi connectivity index (χ0) is 18.5. The Morgan fingerprint density at radius 2 is 2.04 bits per heavy atom. The van der Waals surface area contributed by atoms with Crippen molar-refractivity contribution in [2.24, 2.45) is 23.2 Å². The smallest absolute Gasteiger partial charge is 0.311 e. The lowest BCUT2D eigenvalue weighted by Crippen LogP contribution is -2.45. The molecule has 0 aromatic rings. The highest BCUT2D eigenvalue weighted by Crippen LogP contribution is 2.54. The number of piperidine rings is 1. The van der Waals surface area contributed by atoms with Gasteiger partial charge < -0.3 is 14.5 Å². The summed E-state index contributed by atoms with van der Waals surface area (Å²) >= 11 is 0. The van der Waals surface area contributed by atoms with Crippen molar-refractivity contribution < 1.29 is 9.53 Å². The molecule has 2 aliphatic carbocycles. The van der Waals surface area contributed by atoms with E-state index in [1.807, 2.05) is 0 Å². The van der Waals surface area contributed by atoms with Crippen LogP contribution in [0.3, 0.4) is 0 Å². The second-order valence-electron chi connectivity index (χ2n) is 9.81. The molecule has 0 spiro atoms. The molecular formula is C22H36N2O2. The van der Waals surface area contributed by atoms with Gasteiger partial charge in [-0.1, -0.05) is 31.9 Å². The van der Waals surface area contributed by atoms with Crippen LogP contribution in [-0.4, -0.2) is 61.6 Å². The van der Waals surface area contributed by atoms with Crippen molar-refractivity contribution in [3.63, 3.8) is 0 Å². The summed E-state index contributed by atoms with van der Waals surface area (Å²) in [5.74, 6) is 1.03. The standard InChI is InChI=1S/C22H36N2O2/c1-15-6-5-9-22(2)13-20-17(12-19(15)22)18(21(25)26-20)14-24(4)16-7-10-23(3)11-8-16/h12,15-18,20H,5-11,13-14H2,1-4H3/t15-,17+,18?,20+,22+/m0/s1. The van der Waals surface area contributed by atoms with Crippen LogP contribution in [0.15, 0.2) is 11.6 Å². The third kappa shape index (κ3) is 3.24. The molecule has 0 radical (unpaired) electrons. The first kappa shape index (κ1) is 18.5. The van der Waals surface area contributed by atoms with Crippen LogP contribution in [-0.2, 0) is 9.53 Å². The summed E-state index contributed by atoms with van der Waals surface area (Å²) in [5.41, 5.74) is 1.88. The Balaban J connectivity index is 1.49. The molecule has 1 saturated carbocycles. The van der Waals surface area contributed by atoms with Gasteiger partial charge in [-0.05, 0) is 70.6 Å². The number of esters is 1. The van der Waals surface area contributed by atoms with E-state index in [2.05, 4.69) is 43.8 Å². The van der Waals surface area contributed by atoms with Gasteiger partial charge in [-0.25, -0.2) is 0 Å². The Morgan fingerprint density at radius 1 is 1.31 bits per heavy atom. The first-order chi connectivity index (χ1) is 12.4. The maximum absolute atomic E-state index is 12.7. The molecule has 146 valence electrons. The molecule has 4 rings (SSSR count). The van der Waals surface area contributed by atoms with Crippen LogP contribution >= 0.6 is 0 Å². The van der Waals surface area contributed by atoms with Crippen LogP contribution < -0.4 is 0 Å². The summed E-state index contributed by atoms with van der Waals surface area (Å²) in [4.78, 5) is 17.6. The predicted octanol–water partition coefficient (Wildman–Crippen LogP) is 3.33. The lowest BCUT2D eigenvalue weighted by Gasteiger charge is -2.46. The zero-order valence-corrected chi connectivity index (χ0v) is 17.0. The Labute approximate surface area is 158 Å². The molecule has 0 N–H and O–H groups in total. The van der Waals surface area contributed by atoms with Crippen molar-refractivity contribution in [2.45, 2.75) is 64.5 Å². The Kier molecular flexibility index (Phi) is 4.94. The van der Waals surface area contributed by atoms with E-state index in [-0.39, 0.29) is 23.4 Å². The lowest BCUT2D eigenvalue weighted by molar-refractivity contribution is -0.145. The molecule has 2 saturated heterocycles. The monoisotopic (exact) mass is 360 g/mol. The second kappa shape index (κ2) is 6.94. The second-order valence-corrected chi connectivity index (χ2v) is 9.81. The number of likely N-dealkylation sites (tertiary alicyclic amines) is 1. The van der Waals surface area contributed by atoms with Gasteiger partial charge in [0.1, 0.15) is 6.10 Å². The van der Waals surface area contributed by atoms with E-state index in [1.165, 1.54) is 32.1 Å². The highest BCUT2D eigenvalue weighted by atomic mass is 16.6. The largest absolute Gasteiger partial charge is 0.461 e. The van der Waals surface area contributed by atoms with E-state index in [4.69, 9.17) is 4.74 Å². The van der Waals surface area contributed by atoms with Crippen LogP contribution in [0.25, 0.3) is 0 Å². The highest BCUT2D eigenvalue weighted by Gasteiger charge is 2.52. The zero-order valence-electron chi connectivity index (χ0n) is 17.0. The average molecular weight is 361 g/mol. The number of allylic oxidation sites excluding steroid dienone is 1. The first-order valence-corrected chi connectivity index (χ1v) is 10.7. The quantitative estimate of drug-likeness (QED) is 0.571. The van der Waals surface area contributed by atoms with Crippen molar-refractivity contribution in [3.05, 3.63) is 11.6 Å². The summed E-state index contributed by atoms with van der Waals surface area (Å²) < 4.78 is 5.91. The van der Waals surface area contributed by atoms with Gasteiger partial charge in [0.2, 0.25) is 0 Å². The van der Waals surface area contributed by atoms with Gasteiger partial charge in [0, 0.05) is 18.5 Å². The number of hydrogen-bond donors (Lipinski definition) is 0. The van der Waals surface area contributed by atoms with Crippen molar-refractivity contribution in [2.75, 3.05) is 33.7 Å². The van der Waals surface area contributed by atoms with Gasteiger partial charge in [0.05, 0.1) is 5.92 Å². The maximum Gasteiger partial charge on any atom is 0.311 e. The summed E-state index contributed by atoms with van der Waals surface area (Å²) in [7, 11) is 4.41. The SMILES string of the molecule is C[C@H]1CCC[C@]2(C)C[C@H]3OC(=O)C(CN(C)C4CCN(C)CC4)[C@H]3C=C12. The van der Waals surface area contributed by atoms with Crippen LogP contribution in [0.4, 0.5) is 0 Å². The van der Waals surface area contributed by atoms with Crippen LogP contribution in [0, 0.1) is 23.2 Å². The summed E-state index contributed by atoms with van der Waals surface area (Å²) in [6.07, 6.45) is 9.90. The molecule has 26 heavy (non-hydrogen) atoms. The van der Waals surface area contributed by atoms with Crippen molar-refractivity contribution in [3.8, 4) is 0 Å². The minimum absolute atomic E-state index is 0.0239.